The number of hydrogen-bond donors (Lipinski definition) is 3. The molecule has 0 spiro atoms. The van der Waals surface area contributed by atoms with Gasteiger partial charge in [-0.2, -0.15) is 5.10 Å². The first-order valence-corrected chi connectivity index (χ1v) is 7.71. The lowest BCUT2D eigenvalue weighted by atomic mass is 10.2. The van der Waals surface area contributed by atoms with Gasteiger partial charge in [-0.05, 0) is 11.6 Å². The zero-order valence-electron chi connectivity index (χ0n) is 13.6. The summed E-state index contributed by atoms with van der Waals surface area (Å²) in [7, 11) is 1.86. The fourth-order valence-electron chi connectivity index (χ4n) is 2.57. The van der Waals surface area contributed by atoms with Crippen molar-refractivity contribution in [2.75, 3.05) is 10.7 Å². The SMILES string of the molecule is Cn1cc(-c2cnc(NN)c(NCc3ccc4nccn4c3)n2)cn1. The standard InChI is InChI=1S/C16H17N9/c1-24-10-12(7-21-24)13-8-20-16(23-17)15(22-13)19-6-11-2-3-14-18-4-5-25(14)9-11/h2-5,7-10H,6,17H2,1H3,(H,19,22)(H,20,23). The minimum absolute atomic E-state index is 0.483. The number of hydrazine groups is 1. The quantitative estimate of drug-likeness (QED) is 0.373. The Labute approximate surface area is 143 Å². The number of anilines is 2. The van der Waals surface area contributed by atoms with E-state index in [1.54, 1.807) is 23.3 Å². The minimum atomic E-state index is 0.483. The van der Waals surface area contributed by atoms with E-state index in [9.17, 15) is 0 Å². The third kappa shape index (κ3) is 3.00. The maximum absolute atomic E-state index is 5.55. The summed E-state index contributed by atoms with van der Waals surface area (Å²) in [5.74, 6) is 6.61. The second-order valence-corrected chi connectivity index (χ2v) is 5.58. The number of nitrogens with zero attached hydrogens (tertiary/aromatic N) is 6. The van der Waals surface area contributed by atoms with Gasteiger partial charge in [0.2, 0.25) is 0 Å². The zero-order valence-corrected chi connectivity index (χ0v) is 13.6. The summed E-state index contributed by atoms with van der Waals surface area (Å²) in [6, 6.07) is 3.99. The Balaban J connectivity index is 1.59. The lowest BCUT2D eigenvalue weighted by Gasteiger charge is -2.11. The molecule has 0 saturated carbocycles. The maximum Gasteiger partial charge on any atom is 0.183 e. The van der Waals surface area contributed by atoms with Gasteiger partial charge >= 0.3 is 0 Å². The van der Waals surface area contributed by atoms with Gasteiger partial charge in [0.25, 0.3) is 0 Å². The molecule has 0 saturated heterocycles. The van der Waals surface area contributed by atoms with Gasteiger partial charge in [0.05, 0.1) is 18.1 Å². The van der Waals surface area contributed by atoms with E-state index >= 15 is 0 Å². The fraction of sp³-hybridized carbons (Fsp3) is 0.125. The highest BCUT2D eigenvalue weighted by molar-refractivity contribution is 5.65. The molecule has 0 bridgehead atoms. The van der Waals surface area contributed by atoms with Gasteiger partial charge < -0.3 is 15.1 Å². The van der Waals surface area contributed by atoms with Crippen molar-refractivity contribution in [2.24, 2.45) is 12.9 Å². The van der Waals surface area contributed by atoms with Gasteiger partial charge in [-0.1, -0.05) is 6.07 Å². The van der Waals surface area contributed by atoms with Crippen molar-refractivity contribution in [1.29, 1.82) is 0 Å². The van der Waals surface area contributed by atoms with E-state index in [2.05, 4.69) is 30.8 Å². The number of rotatable bonds is 5. The van der Waals surface area contributed by atoms with Crippen molar-refractivity contribution >= 4 is 17.3 Å². The Bertz CT molecular complexity index is 1020. The highest BCUT2D eigenvalue weighted by Gasteiger charge is 2.09. The van der Waals surface area contributed by atoms with E-state index in [0.717, 1.165) is 22.5 Å². The van der Waals surface area contributed by atoms with Crippen LogP contribution in [0.1, 0.15) is 5.56 Å². The average molecular weight is 335 g/mol. The number of hydrogen-bond acceptors (Lipinski definition) is 7. The summed E-state index contributed by atoms with van der Waals surface area (Å²) in [6.07, 6.45) is 11.0. The molecule has 0 aromatic carbocycles. The number of fused-ring (bicyclic) bond motifs is 1. The molecular weight excluding hydrogens is 318 g/mol. The van der Waals surface area contributed by atoms with Gasteiger partial charge in [-0.3, -0.25) is 4.68 Å². The first kappa shape index (κ1) is 15.1. The molecule has 0 aliphatic heterocycles. The first-order valence-electron chi connectivity index (χ1n) is 7.71. The molecule has 4 aromatic heterocycles. The van der Waals surface area contributed by atoms with E-state index in [4.69, 9.17) is 5.84 Å². The van der Waals surface area contributed by atoms with Crippen LogP contribution in [0.4, 0.5) is 11.6 Å². The molecule has 25 heavy (non-hydrogen) atoms. The van der Waals surface area contributed by atoms with Gasteiger partial charge in [-0.15, -0.1) is 0 Å². The van der Waals surface area contributed by atoms with Crippen LogP contribution in [0.5, 0.6) is 0 Å². The Morgan fingerprint density at radius 2 is 2.04 bits per heavy atom. The second kappa shape index (κ2) is 6.21. The van der Waals surface area contributed by atoms with Crippen LogP contribution in [-0.2, 0) is 13.6 Å². The third-order valence-corrected chi connectivity index (χ3v) is 3.82. The predicted molar refractivity (Wildman–Crippen MR) is 94.6 cm³/mol. The van der Waals surface area contributed by atoms with Crippen LogP contribution in [0, 0.1) is 0 Å². The Kier molecular flexibility index (Phi) is 3.75. The molecule has 4 N–H and O–H groups in total. The van der Waals surface area contributed by atoms with Crippen LogP contribution < -0.4 is 16.6 Å². The largest absolute Gasteiger partial charge is 0.363 e. The lowest BCUT2D eigenvalue weighted by Crippen LogP contribution is -2.13. The van der Waals surface area contributed by atoms with E-state index in [-0.39, 0.29) is 0 Å². The van der Waals surface area contributed by atoms with Crippen molar-refractivity contribution in [3.8, 4) is 11.3 Å². The van der Waals surface area contributed by atoms with Crippen LogP contribution in [0.2, 0.25) is 0 Å². The molecule has 0 fully saturated rings. The van der Waals surface area contributed by atoms with Crippen molar-refractivity contribution in [1.82, 2.24) is 29.1 Å². The summed E-state index contributed by atoms with van der Waals surface area (Å²) >= 11 is 0. The average Bonchev–Trinajstić information content (AvgIpc) is 3.28. The molecule has 0 aliphatic rings. The summed E-state index contributed by atoms with van der Waals surface area (Å²) < 4.78 is 3.69. The van der Waals surface area contributed by atoms with Crippen LogP contribution >= 0.6 is 0 Å². The topological polar surface area (TPSA) is 111 Å². The molecule has 0 amide bonds. The van der Waals surface area contributed by atoms with Crippen molar-refractivity contribution in [3.05, 3.63) is 54.9 Å². The molecule has 0 radical (unpaired) electrons. The summed E-state index contributed by atoms with van der Waals surface area (Å²) in [4.78, 5) is 13.2. The van der Waals surface area contributed by atoms with Crippen LogP contribution in [-0.4, -0.2) is 29.1 Å². The number of nitrogens with two attached hydrogens (primary N) is 1. The molecule has 0 unspecified atom stereocenters. The Hall–Kier alpha value is -3.46. The number of aryl methyl sites for hydroxylation is 1. The smallest absolute Gasteiger partial charge is 0.183 e. The first-order chi connectivity index (χ1) is 12.2. The maximum atomic E-state index is 5.55. The summed E-state index contributed by atoms with van der Waals surface area (Å²) in [5, 5.41) is 7.44. The number of aromatic nitrogens is 6. The lowest BCUT2D eigenvalue weighted by molar-refractivity contribution is 0.768. The number of pyridine rings is 1. The normalized spacial score (nSPS) is 11.0. The van der Waals surface area contributed by atoms with Crippen LogP contribution in [0.3, 0.4) is 0 Å². The van der Waals surface area contributed by atoms with Crippen LogP contribution in [0.25, 0.3) is 16.9 Å². The van der Waals surface area contributed by atoms with Gasteiger partial charge in [0.1, 0.15) is 5.65 Å². The molecule has 126 valence electrons. The third-order valence-electron chi connectivity index (χ3n) is 3.82. The Morgan fingerprint density at radius 1 is 1.12 bits per heavy atom. The minimum Gasteiger partial charge on any atom is -0.363 e. The van der Waals surface area contributed by atoms with E-state index in [0.29, 0.717) is 18.2 Å². The molecule has 0 aliphatic carbocycles. The van der Waals surface area contributed by atoms with Crippen molar-refractivity contribution in [3.63, 3.8) is 0 Å². The molecule has 4 heterocycles. The highest BCUT2D eigenvalue weighted by atomic mass is 15.3. The molecule has 4 rings (SSSR count). The van der Waals surface area contributed by atoms with Gasteiger partial charge in [-0.25, -0.2) is 20.8 Å². The van der Waals surface area contributed by atoms with E-state index in [1.165, 1.54) is 0 Å². The Morgan fingerprint density at radius 3 is 2.84 bits per heavy atom. The molecule has 4 aromatic rings. The van der Waals surface area contributed by atoms with E-state index < -0.39 is 0 Å². The highest BCUT2D eigenvalue weighted by Crippen LogP contribution is 2.22. The molecule has 9 heteroatoms. The van der Waals surface area contributed by atoms with Gasteiger partial charge in [0, 0.05) is 43.9 Å². The van der Waals surface area contributed by atoms with Crippen LogP contribution in [0.15, 0.2) is 49.3 Å². The number of nitrogens with one attached hydrogen (secondary N) is 2. The monoisotopic (exact) mass is 335 g/mol. The second-order valence-electron chi connectivity index (χ2n) is 5.58. The number of imidazole rings is 1. The van der Waals surface area contributed by atoms with Crippen molar-refractivity contribution in [2.45, 2.75) is 6.54 Å². The summed E-state index contributed by atoms with van der Waals surface area (Å²) in [5.41, 5.74) is 6.18. The van der Waals surface area contributed by atoms with Gasteiger partial charge in [0.15, 0.2) is 11.6 Å². The molecule has 0 atom stereocenters. The summed E-state index contributed by atoms with van der Waals surface area (Å²) in [6.45, 7) is 0.577. The fourth-order valence-corrected chi connectivity index (χ4v) is 2.57. The zero-order chi connectivity index (χ0) is 17.2. The number of nitrogen functional groups attached to an aromatic ring is 1. The van der Waals surface area contributed by atoms with Crippen molar-refractivity contribution < 1.29 is 0 Å². The predicted octanol–water partition coefficient (Wildman–Crippen LogP) is 1.42. The molecular formula is C16H17N9. The molecule has 9 nitrogen and oxygen atoms in total. The van der Waals surface area contributed by atoms with E-state index in [1.807, 2.05) is 42.2 Å².